The van der Waals surface area contributed by atoms with Crippen LogP contribution in [0.5, 0.6) is 0 Å². The van der Waals surface area contributed by atoms with E-state index in [1.165, 1.54) is 22.5 Å². The maximum absolute atomic E-state index is 14.4. The van der Waals surface area contributed by atoms with Crippen LogP contribution < -0.4 is 5.32 Å². The van der Waals surface area contributed by atoms with Gasteiger partial charge in [-0.25, -0.2) is 14.6 Å². The van der Waals surface area contributed by atoms with E-state index in [0.29, 0.717) is 56.7 Å². The molecule has 0 bridgehead atoms. The smallest absolute Gasteiger partial charge is 0.410 e. The molecule has 14 heteroatoms. The number of nitrogens with one attached hydrogen (secondary N) is 2. The number of H-pyrrole nitrogens is 1. The molecule has 0 spiro atoms. The summed E-state index contributed by atoms with van der Waals surface area (Å²) < 4.78 is 11.3. The number of carbonyl (C=O) groups is 4. The van der Waals surface area contributed by atoms with Gasteiger partial charge in [0, 0.05) is 72.1 Å². The van der Waals surface area contributed by atoms with Gasteiger partial charge in [0.1, 0.15) is 6.04 Å². The molecule has 4 rings (SSSR count). The number of carbonyl (C=O) groups excluding carboxylic acids is 4. The van der Waals surface area contributed by atoms with Gasteiger partial charge < -0.3 is 44.5 Å². The fourth-order valence-corrected chi connectivity index (χ4v) is 7.17. The van der Waals surface area contributed by atoms with Gasteiger partial charge in [-0.15, -0.1) is 0 Å². The second-order valence-electron chi connectivity index (χ2n) is 15.4. The number of aromatic nitrogens is 2. The molecule has 2 heterocycles. The predicted octanol–water partition coefficient (Wildman–Crippen LogP) is 4.10. The van der Waals surface area contributed by atoms with E-state index in [2.05, 4.69) is 29.1 Å². The number of aliphatic hydroxyl groups is 1. The van der Waals surface area contributed by atoms with Crippen molar-refractivity contribution in [3.63, 3.8) is 0 Å². The highest BCUT2D eigenvalue weighted by Crippen LogP contribution is 2.29. The molecule has 1 saturated carbocycles. The fourth-order valence-electron chi connectivity index (χ4n) is 7.17. The van der Waals surface area contributed by atoms with Crippen molar-refractivity contribution in [3.8, 4) is 0 Å². The molecule has 1 aromatic heterocycles. The Hall–Kier alpha value is -4.17. The number of imidazole rings is 1. The van der Waals surface area contributed by atoms with E-state index >= 15 is 0 Å². The maximum atomic E-state index is 14.4. The molecule has 4 atom stereocenters. The van der Waals surface area contributed by atoms with Crippen LogP contribution in [0.25, 0.3) is 0 Å². The second kappa shape index (κ2) is 21.7. The third-order valence-corrected chi connectivity index (χ3v) is 10.7. The molecule has 5 amide bonds. The number of hydrogen-bond acceptors (Lipinski definition) is 8. The van der Waals surface area contributed by atoms with Gasteiger partial charge in [0.15, 0.2) is 6.10 Å². The van der Waals surface area contributed by atoms with Crippen LogP contribution in [0.4, 0.5) is 9.59 Å². The molecule has 1 saturated heterocycles. The second-order valence-corrected chi connectivity index (χ2v) is 15.4. The Balaban J connectivity index is 1.50. The molecule has 2 aromatic rings. The quantitative estimate of drug-likeness (QED) is 0.205. The zero-order valence-electron chi connectivity index (χ0n) is 33.0. The molecule has 4 unspecified atom stereocenters. The molecular formula is C40H63N7O7. The first-order valence-corrected chi connectivity index (χ1v) is 19.7. The number of aromatic amines is 1. The van der Waals surface area contributed by atoms with Crippen LogP contribution in [0, 0.1) is 11.8 Å². The summed E-state index contributed by atoms with van der Waals surface area (Å²) in [6, 6.07) is 7.67. The molecule has 1 aliphatic heterocycles. The summed E-state index contributed by atoms with van der Waals surface area (Å²) in [6.07, 6.45) is 8.39. The summed E-state index contributed by atoms with van der Waals surface area (Å²) in [5.74, 6) is -0.111. The van der Waals surface area contributed by atoms with Crippen LogP contribution in [0.3, 0.4) is 0 Å². The number of benzene rings is 1. The van der Waals surface area contributed by atoms with Gasteiger partial charge in [0.05, 0.1) is 31.7 Å². The minimum absolute atomic E-state index is 0.0929. The molecule has 0 radical (unpaired) electrons. The van der Waals surface area contributed by atoms with E-state index < -0.39 is 36.3 Å². The van der Waals surface area contributed by atoms with E-state index in [-0.39, 0.29) is 37.9 Å². The molecule has 1 aliphatic carbocycles. The van der Waals surface area contributed by atoms with Crippen molar-refractivity contribution in [2.24, 2.45) is 11.8 Å². The van der Waals surface area contributed by atoms with Crippen molar-refractivity contribution in [1.29, 1.82) is 0 Å². The summed E-state index contributed by atoms with van der Waals surface area (Å²) >= 11 is 0. The lowest BCUT2D eigenvalue weighted by Crippen LogP contribution is -2.56. The van der Waals surface area contributed by atoms with Crippen LogP contribution in [0.15, 0.2) is 42.9 Å². The summed E-state index contributed by atoms with van der Waals surface area (Å²) in [5, 5.41) is 14.6. The minimum Gasteiger partial charge on any atom is -0.436 e. The zero-order valence-corrected chi connectivity index (χ0v) is 33.0. The lowest BCUT2D eigenvalue weighted by molar-refractivity contribution is -0.146. The Morgan fingerprint density at radius 1 is 0.981 bits per heavy atom. The van der Waals surface area contributed by atoms with Crippen LogP contribution in [0.1, 0.15) is 76.5 Å². The number of morpholine rings is 1. The number of amides is 5. The average molecular weight is 754 g/mol. The third-order valence-electron chi connectivity index (χ3n) is 10.7. The van der Waals surface area contributed by atoms with Crippen molar-refractivity contribution in [2.75, 3.05) is 60.5 Å². The van der Waals surface area contributed by atoms with Crippen LogP contribution in [0.2, 0.25) is 0 Å². The van der Waals surface area contributed by atoms with Crippen LogP contribution in [-0.2, 0) is 31.9 Å². The Labute approximate surface area is 320 Å². The van der Waals surface area contributed by atoms with E-state index in [1.807, 2.05) is 30.3 Å². The molecule has 300 valence electrons. The minimum atomic E-state index is -1.24. The zero-order chi connectivity index (χ0) is 39.0. The van der Waals surface area contributed by atoms with Gasteiger partial charge in [-0.1, -0.05) is 76.3 Å². The Bertz CT molecular complexity index is 1430. The van der Waals surface area contributed by atoms with E-state index in [9.17, 15) is 24.3 Å². The average Bonchev–Trinajstić information content (AvgIpc) is 3.71. The third kappa shape index (κ3) is 13.3. The van der Waals surface area contributed by atoms with Gasteiger partial charge in [-0.2, -0.15) is 0 Å². The topological polar surface area (TPSA) is 161 Å². The molecule has 2 fully saturated rings. The van der Waals surface area contributed by atoms with Crippen molar-refractivity contribution in [1.82, 2.24) is 34.9 Å². The molecule has 3 N–H and O–H groups in total. The van der Waals surface area contributed by atoms with Crippen LogP contribution in [-0.4, -0.2) is 143 Å². The van der Waals surface area contributed by atoms with Crippen molar-refractivity contribution >= 4 is 23.9 Å². The molecule has 1 aromatic carbocycles. The lowest BCUT2D eigenvalue weighted by atomic mass is 9.83. The normalized spacial score (nSPS) is 17.3. The number of aliphatic hydroxyl groups excluding tert-OH is 1. The number of urea groups is 1. The van der Waals surface area contributed by atoms with E-state index in [1.54, 1.807) is 37.1 Å². The molecular weight excluding hydrogens is 690 g/mol. The van der Waals surface area contributed by atoms with Gasteiger partial charge in [0.25, 0.3) is 5.91 Å². The van der Waals surface area contributed by atoms with E-state index in [0.717, 1.165) is 37.7 Å². The standard InChI is InChI=1S/C40H63N7O7/c1-29(2)16-17-35(48)33(24-30-12-8-6-9-13-30)43-37(49)34(26-32-27-41-28-42-32)46(5)38(50)36(25-31-14-10-7-11-15-31)54-40(52)45(4)19-18-44(3)39(51)47-20-22-53-23-21-47/h7,10-11,14-15,27-30,33-36,48H,6,8-9,12-13,16-26H2,1-5H3,(H,41,42)(H,43,49). The number of nitrogens with zero attached hydrogens (tertiary/aromatic N) is 5. The number of ether oxygens (including phenoxy) is 2. The maximum Gasteiger partial charge on any atom is 0.410 e. The molecule has 54 heavy (non-hydrogen) atoms. The molecule has 14 nitrogen and oxygen atoms in total. The Morgan fingerprint density at radius 2 is 1.67 bits per heavy atom. The summed E-state index contributed by atoms with van der Waals surface area (Å²) in [7, 11) is 4.80. The monoisotopic (exact) mass is 753 g/mol. The van der Waals surface area contributed by atoms with Gasteiger partial charge >= 0.3 is 12.1 Å². The first-order valence-electron chi connectivity index (χ1n) is 19.7. The number of rotatable bonds is 18. The van der Waals surface area contributed by atoms with Crippen molar-refractivity contribution in [2.45, 2.75) is 102 Å². The molecule has 2 aliphatic rings. The highest BCUT2D eigenvalue weighted by atomic mass is 16.6. The van der Waals surface area contributed by atoms with Crippen LogP contribution >= 0.6 is 0 Å². The SMILES string of the molecule is CC(C)CCC(O)C(CC1CCCCC1)NC(=O)C(Cc1cnc[nH]1)N(C)C(=O)C(Cc1ccccc1)OC(=O)N(C)CCN(C)C(=O)N1CCOCC1. The lowest BCUT2D eigenvalue weighted by Gasteiger charge is -2.34. The van der Waals surface area contributed by atoms with Crippen molar-refractivity contribution in [3.05, 3.63) is 54.1 Å². The van der Waals surface area contributed by atoms with Gasteiger partial charge in [-0.3, -0.25) is 9.59 Å². The predicted molar refractivity (Wildman–Crippen MR) is 206 cm³/mol. The fraction of sp³-hybridized carbons (Fsp3) is 0.675. The van der Waals surface area contributed by atoms with Gasteiger partial charge in [-0.05, 0) is 36.7 Å². The Kier molecular flexibility index (Phi) is 17.1. The summed E-state index contributed by atoms with van der Waals surface area (Å²) in [6.45, 7) is 6.67. The summed E-state index contributed by atoms with van der Waals surface area (Å²) in [4.78, 5) is 68.3. The van der Waals surface area contributed by atoms with Crippen molar-refractivity contribution < 1.29 is 33.8 Å². The van der Waals surface area contributed by atoms with Gasteiger partial charge in [0.2, 0.25) is 5.91 Å². The highest BCUT2D eigenvalue weighted by molar-refractivity contribution is 5.90. The Morgan fingerprint density at radius 3 is 2.31 bits per heavy atom. The summed E-state index contributed by atoms with van der Waals surface area (Å²) in [5.41, 5.74) is 1.44. The first kappa shape index (κ1) is 42.6. The highest BCUT2D eigenvalue weighted by Gasteiger charge is 2.37. The van der Waals surface area contributed by atoms with E-state index in [4.69, 9.17) is 9.47 Å². The first-order chi connectivity index (χ1) is 25.9. The largest absolute Gasteiger partial charge is 0.436 e. The number of likely N-dealkylation sites (N-methyl/N-ethyl adjacent to an activating group) is 3. The number of hydrogen-bond donors (Lipinski definition) is 3.